The molecule has 0 fully saturated rings. The summed E-state index contributed by atoms with van der Waals surface area (Å²) in [6.07, 6.45) is 5.15. The van der Waals surface area contributed by atoms with Gasteiger partial charge >= 0.3 is 0 Å². The molecule has 106 valence electrons. The lowest BCUT2D eigenvalue weighted by Gasteiger charge is -2.04. The number of hydrogen-bond donors (Lipinski definition) is 1. The predicted octanol–water partition coefficient (Wildman–Crippen LogP) is 1.34. The minimum atomic E-state index is -0.220. The smallest absolute Gasteiger partial charge is 0.271 e. The summed E-state index contributed by atoms with van der Waals surface area (Å²) in [5, 5.41) is 2.82. The number of amides is 1. The number of aromatic nitrogens is 4. The van der Waals surface area contributed by atoms with Crippen LogP contribution in [0.2, 0.25) is 0 Å². The highest BCUT2D eigenvalue weighted by Crippen LogP contribution is 2.14. The summed E-state index contributed by atoms with van der Waals surface area (Å²) in [5.41, 5.74) is 2.38. The Morgan fingerprint density at radius 3 is 2.90 bits per heavy atom. The molecule has 0 radical (unpaired) electrons. The second kappa shape index (κ2) is 5.70. The Bertz CT molecular complexity index is 766. The molecule has 2 aromatic heterocycles. The van der Waals surface area contributed by atoms with Crippen LogP contribution in [-0.2, 0) is 13.5 Å². The highest BCUT2D eigenvalue weighted by atomic mass is 16.1. The van der Waals surface area contributed by atoms with Crippen LogP contribution in [0, 0.1) is 0 Å². The van der Waals surface area contributed by atoms with Gasteiger partial charge in [0, 0.05) is 32.4 Å². The first-order valence-electron chi connectivity index (χ1n) is 6.70. The molecule has 6 heteroatoms. The number of benzene rings is 1. The summed E-state index contributed by atoms with van der Waals surface area (Å²) in [6, 6.07) is 7.97. The Morgan fingerprint density at radius 2 is 2.14 bits per heavy atom. The van der Waals surface area contributed by atoms with Crippen molar-refractivity contribution in [2.75, 3.05) is 6.54 Å². The lowest BCUT2D eigenvalue weighted by atomic mass is 10.3. The van der Waals surface area contributed by atoms with Crippen molar-refractivity contribution in [3.63, 3.8) is 0 Å². The van der Waals surface area contributed by atoms with Gasteiger partial charge in [0.1, 0.15) is 11.5 Å². The molecule has 0 saturated carbocycles. The Hall–Kier alpha value is -2.76. The lowest BCUT2D eigenvalue weighted by molar-refractivity contribution is 0.0948. The van der Waals surface area contributed by atoms with Crippen LogP contribution in [0.15, 0.2) is 42.9 Å². The maximum atomic E-state index is 11.9. The average Bonchev–Trinajstić information content (AvgIpc) is 2.85. The fraction of sp³-hybridized carbons (Fsp3) is 0.200. The molecule has 6 nitrogen and oxygen atoms in total. The number of rotatable bonds is 4. The molecule has 0 aliphatic rings. The molecule has 3 aromatic rings. The van der Waals surface area contributed by atoms with Crippen LogP contribution in [-0.4, -0.2) is 32.0 Å². The zero-order valence-electron chi connectivity index (χ0n) is 11.7. The lowest BCUT2D eigenvalue weighted by Crippen LogP contribution is -2.27. The van der Waals surface area contributed by atoms with Crippen molar-refractivity contribution in [3.8, 4) is 0 Å². The fourth-order valence-electron chi connectivity index (χ4n) is 2.21. The van der Waals surface area contributed by atoms with E-state index in [2.05, 4.69) is 20.3 Å². The second-order valence-electron chi connectivity index (χ2n) is 4.67. The second-order valence-corrected chi connectivity index (χ2v) is 4.67. The van der Waals surface area contributed by atoms with E-state index >= 15 is 0 Å². The summed E-state index contributed by atoms with van der Waals surface area (Å²) >= 11 is 0. The molecule has 0 aliphatic heterocycles. The van der Waals surface area contributed by atoms with Gasteiger partial charge in [-0.25, -0.2) is 9.97 Å². The van der Waals surface area contributed by atoms with Crippen molar-refractivity contribution in [3.05, 3.63) is 54.4 Å². The number of carbonyl (C=O) groups is 1. The van der Waals surface area contributed by atoms with Gasteiger partial charge in [0.05, 0.1) is 17.2 Å². The Labute approximate surface area is 121 Å². The number of para-hydroxylation sites is 2. The van der Waals surface area contributed by atoms with Gasteiger partial charge in [0.25, 0.3) is 5.91 Å². The van der Waals surface area contributed by atoms with Crippen LogP contribution in [0.5, 0.6) is 0 Å². The van der Waals surface area contributed by atoms with Gasteiger partial charge < -0.3 is 9.88 Å². The van der Waals surface area contributed by atoms with Crippen LogP contribution in [0.25, 0.3) is 11.0 Å². The minimum absolute atomic E-state index is 0.220. The molecule has 1 aromatic carbocycles. The zero-order chi connectivity index (χ0) is 14.7. The summed E-state index contributed by atoms with van der Waals surface area (Å²) in [7, 11) is 1.98. The number of nitrogens with zero attached hydrogens (tertiary/aromatic N) is 4. The van der Waals surface area contributed by atoms with E-state index in [4.69, 9.17) is 0 Å². The molecule has 0 saturated heterocycles. The molecular formula is C15H15N5O. The third kappa shape index (κ3) is 2.74. The third-order valence-electron chi connectivity index (χ3n) is 3.31. The predicted molar refractivity (Wildman–Crippen MR) is 78.8 cm³/mol. The van der Waals surface area contributed by atoms with Crippen molar-refractivity contribution in [1.82, 2.24) is 24.8 Å². The molecule has 0 unspecified atom stereocenters. The normalized spacial score (nSPS) is 10.7. The topological polar surface area (TPSA) is 72.7 Å². The first kappa shape index (κ1) is 13.2. The van der Waals surface area contributed by atoms with Crippen LogP contribution in [0.4, 0.5) is 0 Å². The van der Waals surface area contributed by atoms with Crippen LogP contribution < -0.4 is 5.32 Å². The maximum Gasteiger partial charge on any atom is 0.271 e. The molecule has 2 heterocycles. The van der Waals surface area contributed by atoms with Crippen molar-refractivity contribution in [2.45, 2.75) is 6.42 Å². The molecule has 0 atom stereocenters. The highest BCUT2D eigenvalue weighted by molar-refractivity contribution is 5.91. The average molecular weight is 281 g/mol. The number of imidazole rings is 1. The molecule has 0 spiro atoms. The SMILES string of the molecule is Cn1c(CCNC(=O)c2cnccn2)nc2ccccc21. The van der Waals surface area contributed by atoms with Crippen molar-refractivity contribution in [1.29, 1.82) is 0 Å². The van der Waals surface area contributed by atoms with Crippen molar-refractivity contribution >= 4 is 16.9 Å². The summed E-state index contributed by atoms with van der Waals surface area (Å²) in [6.45, 7) is 0.507. The van der Waals surface area contributed by atoms with Gasteiger partial charge in [-0.05, 0) is 12.1 Å². The Kier molecular flexibility index (Phi) is 3.59. The summed E-state index contributed by atoms with van der Waals surface area (Å²) < 4.78 is 2.05. The van der Waals surface area contributed by atoms with Gasteiger partial charge in [0.2, 0.25) is 0 Å². The Morgan fingerprint density at radius 1 is 1.29 bits per heavy atom. The molecule has 1 amide bonds. The Balaban J connectivity index is 1.65. The monoisotopic (exact) mass is 281 g/mol. The summed E-state index contributed by atoms with van der Waals surface area (Å²) in [4.78, 5) is 24.3. The molecule has 0 aliphatic carbocycles. The van der Waals surface area contributed by atoms with E-state index in [9.17, 15) is 4.79 Å². The van der Waals surface area contributed by atoms with E-state index in [-0.39, 0.29) is 5.91 Å². The number of nitrogens with one attached hydrogen (secondary N) is 1. The van der Waals surface area contributed by atoms with Gasteiger partial charge in [-0.2, -0.15) is 0 Å². The maximum absolute atomic E-state index is 11.9. The van der Waals surface area contributed by atoms with Gasteiger partial charge in [-0.3, -0.25) is 9.78 Å². The molecule has 21 heavy (non-hydrogen) atoms. The van der Waals surface area contributed by atoms with Gasteiger partial charge in [-0.15, -0.1) is 0 Å². The summed E-state index contributed by atoms with van der Waals surface area (Å²) in [5.74, 6) is 0.720. The number of fused-ring (bicyclic) bond motifs is 1. The van der Waals surface area contributed by atoms with E-state index in [1.54, 1.807) is 0 Å². The van der Waals surface area contributed by atoms with E-state index in [0.29, 0.717) is 18.7 Å². The van der Waals surface area contributed by atoms with E-state index in [1.165, 1.54) is 18.6 Å². The minimum Gasteiger partial charge on any atom is -0.350 e. The van der Waals surface area contributed by atoms with E-state index < -0.39 is 0 Å². The third-order valence-corrected chi connectivity index (χ3v) is 3.31. The standard InChI is InChI=1S/C15H15N5O/c1-20-13-5-3-2-4-11(13)19-14(20)6-7-18-15(21)12-10-16-8-9-17-12/h2-5,8-10H,6-7H2,1H3,(H,18,21). The van der Waals surface area contributed by atoms with Crippen molar-refractivity contribution in [2.24, 2.45) is 7.05 Å². The van der Waals surface area contributed by atoms with Crippen LogP contribution in [0.1, 0.15) is 16.3 Å². The van der Waals surface area contributed by atoms with Crippen LogP contribution in [0.3, 0.4) is 0 Å². The molecule has 1 N–H and O–H groups in total. The largest absolute Gasteiger partial charge is 0.350 e. The number of carbonyl (C=O) groups excluding carboxylic acids is 1. The van der Waals surface area contributed by atoms with E-state index in [0.717, 1.165) is 16.9 Å². The first-order chi connectivity index (χ1) is 10.3. The quantitative estimate of drug-likeness (QED) is 0.783. The molecule has 3 rings (SSSR count). The van der Waals surface area contributed by atoms with Gasteiger partial charge in [-0.1, -0.05) is 12.1 Å². The first-order valence-corrected chi connectivity index (χ1v) is 6.70. The van der Waals surface area contributed by atoms with Crippen molar-refractivity contribution < 1.29 is 4.79 Å². The van der Waals surface area contributed by atoms with Gasteiger partial charge in [0.15, 0.2) is 0 Å². The zero-order valence-corrected chi connectivity index (χ0v) is 11.7. The number of aryl methyl sites for hydroxylation is 1. The molecule has 0 bridgehead atoms. The molecular weight excluding hydrogens is 266 g/mol. The number of hydrogen-bond acceptors (Lipinski definition) is 4. The van der Waals surface area contributed by atoms with Crippen LogP contribution >= 0.6 is 0 Å². The van der Waals surface area contributed by atoms with E-state index in [1.807, 2.05) is 35.9 Å². The fourth-order valence-corrected chi connectivity index (χ4v) is 2.21. The highest BCUT2D eigenvalue weighted by Gasteiger charge is 2.09.